The maximum Gasteiger partial charge on any atom is 0.312 e. The van der Waals surface area contributed by atoms with Gasteiger partial charge in [0, 0.05) is 44.5 Å². The summed E-state index contributed by atoms with van der Waals surface area (Å²) in [6, 6.07) is 8.66. The van der Waals surface area contributed by atoms with E-state index < -0.39 is 0 Å². The summed E-state index contributed by atoms with van der Waals surface area (Å²) >= 11 is 0. The lowest BCUT2D eigenvalue weighted by Gasteiger charge is -2.39. The Balaban J connectivity index is 1.58. The first-order chi connectivity index (χ1) is 12.1. The van der Waals surface area contributed by atoms with E-state index in [1.165, 1.54) is 11.3 Å². The lowest BCUT2D eigenvalue weighted by atomic mass is 10.00. The molecule has 0 aliphatic carbocycles. The van der Waals surface area contributed by atoms with Gasteiger partial charge in [0.1, 0.15) is 0 Å². The Morgan fingerprint density at radius 3 is 2.48 bits per heavy atom. The predicted molar refractivity (Wildman–Crippen MR) is 99.6 cm³/mol. The number of hydrogen-bond donors (Lipinski definition) is 0. The average Bonchev–Trinajstić information content (AvgIpc) is 2.67. The van der Waals surface area contributed by atoms with Crippen molar-refractivity contribution < 1.29 is 9.59 Å². The minimum atomic E-state index is -0.316. The predicted octanol–water partition coefficient (Wildman–Crippen LogP) is 2.43. The van der Waals surface area contributed by atoms with E-state index >= 15 is 0 Å². The van der Waals surface area contributed by atoms with E-state index in [9.17, 15) is 9.59 Å². The first-order valence-corrected chi connectivity index (χ1v) is 9.51. The van der Waals surface area contributed by atoms with E-state index in [2.05, 4.69) is 43.0 Å². The molecule has 2 aliphatic rings. The summed E-state index contributed by atoms with van der Waals surface area (Å²) < 4.78 is 0. The van der Waals surface area contributed by atoms with E-state index in [1.54, 1.807) is 4.90 Å². The van der Waals surface area contributed by atoms with E-state index in [0.717, 1.165) is 45.3 Å². The zero-order valence-corrected chi connectivity index (χ0v) is 15.4. The Bertz CT molecular complexity index is 623. The summed E-state index contributed by atoms with van der Waals surface area (Å²) in [5.41, 5.74) is 2.43. The number of aryl methyl sites for hydroxylation is 1. The highest BCUT2D eigenvalue weighted by Gasteiger charge is 2.33. The van der Waals surface area contributed by atoms with Crippen LogP contribution in [0.3, 0.4) is 0 Å². The van der Waals surface area contributed by atoms with Gasteiger partial charge in [-0.3, -0.25) is 9.59 Å². The molecule has 3 rings (SSSR count). The second-order valence-electron chi connectivity index (χ2n) is 7.17. The van der Waals surface area contributed by atoms with Crippen LogP contribution in [-0.2, 0) is 9.59 Å². The summed E-state index contributed by atoms with van der Waals surface area (Å²) in [4.78, 5) is 31.2. The third-order valence-corrected chi connectivity index (χ3v) is 5.48. The monoisotopic (exact) mass is 343 g/mol. The van der Waals surface area contributed by atoms with Gasteiger partial charge >= 0.3 is 11.8 Å². The Morgan fingerprint density at radius 1 is 1.04 bits per heavy atom. The molecule has 0 radical (unpaired) electrons. The Labute approximate surface area is 150 Å². The van der Waals surface area contributed by atoms with Crippen molar-refractivity contribution >= 4 is 17.5 Å². The standard InChI is InChI=1S/C20H29N3O2/c1-3-17-8-4-5-10-23(17)20(25)19(24)22-13-11-21(12-14-22)18-9-6-7-16(2)15-18/h6-7,9,15,17H,3-5,8,10-14H2,1-2H3. The molecule has 2 saturated heterocycles. The van der Waals surface area contributed by atoms with Crippen molar-refractivity contribution in [2.45, 2.75) is 45.6 Å². The van der Waals surface area contributed by atoms with Gasteiger partial charge in [-0.2, -0.15) is 0 Å². The van der Waals surface area contributed by atoms with Crippen molar-refractivity contribution in [1.82, 2.24) is 9.80 Å². The molecule has 0 aromatic heterocycles. The molecule has 1 aromatic rings. The summed E-state index contributed by atoms with van der Waals surface area (Å²) in [6.07, 6.45) is 4.12. The first-order valence-electron chi connectivity index (χ1n) is 9.51. The highest BCUT2D eigenvalue weighted by Crippen LogP contribution is 2.21. The number of anilines is 1. The molecule has 2 amide bonds. The molecular formula is C20H29N3O2. The lowest BCUT2D eigenvalue weighted by molar-refractivity contribution is -0.154. The Hall–Kier alpha value is -2.04. The lowest BCUT2D eigenvalue weighted by Crippen LogP contribution is -2.55. The highest BCUT2D eigenvalue weighted by molar-refractivity contribution is 6.35. The van der Waals surface area contributed by atoms with E-state index in [-0.39, 0.29) is 17.9 Å². The smallest absolute Gasteiger partial charge is 0.312 e. The molecule has 136 valence electrons. The van der Waals surface area contributed by atoms with Crippen LogP contribution in [0.15, 0.2) is 24.3 Å². The Kier molecular flexibility index (Phi) is 5.61. The van der Waals surface area contributed by atoms with Crippen LogP contribution < -0.4 is 4.90 Å². The quantitative estimate of drug-likeness (QED) is 0.775. The maximum absolute atomic E-state index is 12.7. The van der Waals surface area contributed by atoms with Crippen LogP contribution >= 0.6 is 0 Å². The van der Waals surface area contributed by atoms with E-state index in [4.69, 9.17) is 0 Å². The van der Waals surface area contributed by atoms with Crippen LogP contribution in [0.1, 0.15) is 38.2 Å². The fourth-order valence-corrected chi connectivity index (χ4v) is 3.94. The molecule has 25 heavy (non-hydrogen) atoms. The van der Waals surface area contributed by atoms with Gasteiger partial charge < -0.3 is 14.7 Å². The molecule has 1 unspecified atom stereocenters. The fourth-order valence-electron chi connectivity index (χ4n) is 3.94. The number of hydrogen-bond acceptors (Lipinski definition) is 3. The number of amides is 2. The van der Waals surface area contributed by atoms with Gasteiger partial charge in [-0.15, -0.1) is 0 Å². The number of carbonyl (C=O) groups excluding carboxylic acids is 2. The zero-order chi connectivity index (χ0) is 17.8. The van der Waals surface area contributed by atoms with Crippen molar-refractivity contribution in [2.24, 2.45) is 0 Å². The molecule has 0 N–H and O–H groups in total. The SMILES string of the molecule is CCC1CCCCN1C(=O)C(=O)N1CCN(c2cccc(C)c2)CC1. The molecule has 2 fully saturated rings. The zero-order valence-electron chi connectivity index (χ0n) is 15.4. The second kappa shape index (κ2) is 7.89. The van der Waals surface area contributed by atoms with Crippen molar-refractivity contribution in [3.63, 3.8) is 0 Å². The average molecular weight is 343 g/mol. The van der Waals surface area contributed by atoms with Gasteiger partial charge in [0.25, 0.3) is 0 Å². The number of nitrogens with zero attached hydrogens (tertiary/aromatic N) is 3. The van der Waals surface area contributed by atoms with Crippen LogP contribution in [0, 0.1) is 6.92 Å². The molecule has 0 saturated carbocycles. The summed E-state index contributed by atoms with van der Waals surface area (Å²) in [5, 5.41) is 0. The Morgan fingerprint density at radius 2 is 1.80 bits per heavy atom. The summed E-state index contributed by atoms with van der Waals surface area (Å²) in [7, 11) is 0. The van der Waals surface area contributed by atoms with Crippen LogP contribution in [0.2, 0.25) is 0 Å². The highest BCUT2D eigenvalue weighted by atomic mass is 16.2. The molecule has 2 aliphatic heterocycles. The van der Waals surface area contributed by atoms with Gasteiger partial charge in [-0.1, -0.05) is 19.1 Å². The number of likely N-dealkylation sites (tertiary alicyclic amines) is 1. The number of benzene rings is 1. The number of piperazine rings is 1. The molecule has 1 aromatic carbocycles. The maximum atomic E-state index is 12.7. The van der Waals surface area contributed by atoms with Gasteiger partial charge in [-0.25, -0.2) is 0 Å². The summed E-state index contributed by atoms with van der Waals surface area (Å²) in [6.45, 7) is 7.70. The molecule has 1 atom stereocenters. The first kappa shape index (κ1) is 17.8. The van der Waals surface area contributed by atoms with E-state index in [0.29, 0.717) is 13.1 Å². The van der Waals surface area contributed by atoms with Crippen molar-refractivity contribution in [1.29, 1.82) is 0 Å². The summed E-state index contributed by atoms with van der Waals surface area (Å²) in [5.74, 6) is -0.611. The minimum absolute atomic E-state index is 0.235. The number of rotatable bonds is 2. The molecule has 0 spiro atoms. The normalized spacial score (nSPS) is 21.4. The molecule has 0 bridgehead atoms. The molecule has 5 heteroatoms. The third kappa shape index (κ3) is 3.97. The fraction of sp³-hybridized carbons (Fsp3) is 0.600. The van der Waals surface area contributed by atoms with Gasteiger partial charge in [0.15, 0.2) is 0 Å². The second-order valence-corrected chi connectivity index (χ2v) is 7.17. The van der Waals surface area contributed by atoms with Crippen molar-refractivity contribution in [3.8, 4) is 0 Å². The topological polar surface area (TPSA) is 43.9 Å². The molecular weight excluding hydrogens is 314 g/mol. The van der Waals surface area contributed by atoms with Crippen LogP contribution in [0.25, 0.3) is 0 Å². The minimum Gasteiger partial charge on any atom is -0.368 e. The van der Waals surface area contributed by atoms with Gasteiger partial charge in [0.05, 0.1) is 0 Å². The number of carbonyl (C=O) groups is 2. The number of piperidine rings is 1. The van der Waals surface area contributed by atoms with Gasteiger partial charge in [-0.05, 0) is 50.3 Å². The van der Waals surface area contributed by atoms with Crippen LogP contribution in [0.5, 0.6) is 0 Å². The largest absolute Gasteiger partial charge is 0.368 e. The third-order valence-electron chi connectivity index (χ3n) is 5.48. The van der Waals surface area contributed by atoms with Crippen LogP contribution in [-0.4, -0.2) is 60.4 Å². The van der Waals surface area contributed by atoms with E-state index in [1.807, 2.05) is 4.90 Å². The van der Waals surface area contributed by atoms with Crippen molar-refractivity contribution in [2.75, 3.05) is 37.6 Å². The van der Waals surface area contributed by atoms with Crippen LogP contribution in [0.4, 0.5) is 5.69 Å². The van der Waals surface area contributed by atoms with Gasteiger partial charge in [0.2, 0.25) is 0 Å². The molecule has 2 heterocycles. The van der Waals surface area contributed by atoms with Crippen molar-refractivity contribution in [3.05, 3.63) is 29.8 Å². The molecule has 5 nitrogen and oxygen atoms in total.